The fourth-order valence-corrected chi connectivity index (χ4v) is 1.88. The van der Waals surface area contributed by atoms with E-state index in [-0.39, 0.29) is 8.83 Å². The van der Waals surface area contributed by atoms with E-state index in [1.54, 1.807) is 0 Å². The summed E-state index contributed by atoms with van der Waals surface area (Å²) in [6, 6.07) is 7.59. The van der Waals surface area contributed by atoms with Crippen molar-refractivity contribution in [2.24, 2.45) is 0 Å². The summed E-state index contributed by atoms with van der Waals surface area (Å²) in [5.41, 5.74) is 3.96. The van der Waals surface area contributed by atoms with Crippen molar-refractivity contribution < 1.29 is 0 Å². The first-order valence-electron chi connectivity index (χ1n) is 4.54. The number of rotatable bonds is 3. The molecule has 0 aliphatic carbocycles. The van der Waals surface area contributed by atoms with Crippen LogP contribution in [-0.2, 0) is 0 Å². The number of allylic oxidation sites excluding steroid dienone is 1. The van der Waals surface area contributed by atoms with Gasteiger partial charge in [-0.25, -0.2) is 0 Å². The van der Waals surface area contributed by atoms with Gasteiger partial charge in [-0.3, -0.25) is 0 Å². The first-order valence-corrected chi connectivity index (χ1v) is 7.67. The van der Waals surface area contributed by atoms with Gasteiger partial charge < -0.3 is 0 Å². The summed E-state index contributed by atoms with van der Waals surface area (Å²) in [4.78, 5) is 0. The highest BCUT2D eigenvalue weighted by atomic mass is 35.6. The maximum absolute atomic E-state index is 5.73. The van der Waals surface area contributed by atoms with E-state index in [4.69, 9.17) is 11.1 Å². The third-order valence-electron chi connectivity index (χ3n) is 2.01. The van der Waals surface area contributed by atoms with Crippen LogP contribution in [-0.4, -0.2) is 8.83 Å². The molecule has 0 saturated carbocycles. The lowest BCUT2D eigenvalue weighted by atomic mass is 10.1. The Kier molecular flexibility index (Phi) is 4.26. The van der Waals surface area contributed by atoms with Gasteiger partial charge in [0.05, 0.1) is 0 Å². The van der Waals surface area contributed by atoms with Crippen molar-refractivity contribution in [2.45, 2.75) is 19.9 Å². The summed E-state index contributed by atoms with van der Waals surface area (Å²) >= 11 is 5.73. The van der Waals surface area contributed by atoms with Crippen LogP contribution in [0.3, 0.4) is 0 Å². The lowest BCUT2D eigenvalue weighted by Crippen LogP contribution is -1.82. The Bertz CT molecular complexity index is 305. The molecule has 0 aliphatic rings. The van der Waals surface area contributed by atoms with E-state index in [1.807, 2.05) is 0 Å². The Balaban J connectivity index is 2.81. The van der Waals surface area contributed by atoms with Gasteiger partial charge >= 0.3 is 0 Å². The van der Waals surface area contributed by atoms with Crippen LogP contribution in [0.15, 0.2) is 24.3 Å². The van der Waals surface area contributed by atoms with Crippen LogP contribution in [0, 0.1) is 13.8 Å². The molecule has 0 unspecified atom stereocenters. The van der Waals surface area contributed by atoms with Crippen LogP contribution in [0.5, 0.6) is 0 Å². The maximum Gasteiger partial charge on any atom is 0.129 e. The standard InChI is InChI=1S/C11H15ClSi/c1-9-5-6-10(2)11(8-9)4-3-7-13-12/h3-6,8H,7,13H2,1-2H3. The van der Waals surface area contributed by atoms with Crippen molar-refractivity contribution in [2.75, 3.05) is 0 Å². The fraction of sp³-hybridized carbons (Fsp3) is 0.273. The average molecular weight is 211 g/mol. The molecule has 1 aromatic rings. The Morgan fingerprint density at radius 3 is 2.85 bits per heavy atom. The molecule has 0 amide bonds. The normalized spacial score (nSPS) is 11.9. The zero-order valence-corrected chi connectivity index (χ0v) is 10.3. The highest BCUT2D eigenvalue weighted by molar-refractivity contribution is 6.93. The van der Waals surface area contributed by atoms with Gasteiger partial charge in [0.2, 0.25) is 0 Å². The zero-order valence-electron chi connectivity index (χ0n) is 8.18. The summed E-state index contributed by atoms with van der Waals surface area (Å²) in [6.45, 7) is 4.25. The average Bonchev–Trinajstić information content (AvgIpc) is 2.11. The molecule has 0 saturated heterocycles. The van der Waals surface area contributed by atoms with Crippen molar-refractivity contribution in [3.05, 3.63) is 41.0 Å². The fourth-order valence-electron chi connectivity index (χ4n) is 1.21. The van der Waals surface area contributed by atoms with Gasteiger partial charge in [-0.05, 0) is 31.0 Å². The first-order chi connectivity index (χ1) is 6.24. The Morgan fingerprint density at radius 1 is 1.38 bits per heavy atom. The van der Waals surface area contributed by atoms with Crippen LogP contribution >= 0.6 is 11.1 Å². The van der Waals surface area contributed by atoms with Crippen molar-refractivity contribution in [3.63, 3.8) is 0 Å². The summed E-state index contributed by atoms with van der Waals surface area (Å²) in [5.74, 6) is 0. The van der Waals surface area contributed by atoms with Crippen LogP contribution in [0.2, 0.25) is 6.04 Å². The molecule has 0 aromatic heterocycles. The van der Waals surface area contributed by atoms with Crippen molar-refractivity contribution in [3.8, 4) is 0 Å². The third kappa shape index (κ3) is 3.37. The summed E-state index contributed by atoms with van der Waals surface area (Å²) in [7, 11) is -0.338. The Hall–Kier alpha value is -0.533. The minimum atomic E-state index is -0.338. The molecule has 0 nitrogen and oxygen atoms in total. The van der Waals surface area contributed by atoms with Crippen LogP contribution in [0.1, 0.15) is 16.7 Å². The second-order valence-corrected chi connectivity index (χ2v) is 5.33. The minimum Gasteiger partial charge on any atom is -0.176 e. The summed E-state index contributed by atoms with van der Waals surface area (Å²) in [6.07, 6.45) is 4.36. The Labute approximate surface area is 87.1 Å². The maximum atomic E-state index is 5.73. The van der Waals surface area contributed by atoms with Crippen LogP contribution in [0.25, 0.3) is 6.08 Å². The van der Waals surface area contributed by atoms with Crippen molar-refractivity contribution >= 4 is 26.0 Å². The number of halogens is 1. The molecule has 0 heterocycles. The second kappa shape index (κ2) is 5.25. The van der Waals surface area contributed by atoms with Crippen molar-refractivity contribution in [1.29, 1.82) is 0 Å². The molecule has 0 N–H and O–H groups in total. The monoisotopic (exact) mass is 210 g/mol. The van der Waals surface area contributed by atoms with Gasteiger partial charge in [-0.15, -0.1) is 0 Å². The number of benzene rings is 1. The molecule has 70 valence electrons. The predicted molar refractivity (Wildman–Crippen MR) is 64.2 cm³/mol. The number of hydrogen-bond donors (Lipinski definition) is 0. The van der Waals surface area contributed by atoms with Gasteiger partial charge in [0.25, 0.3) is 0 Å². The first kappa shape index (κ1) is 10.5. The molecule has 2 heteroatoms. The van der Waals surface area contributed by atoms with E-state index in [0.717, 1.165) is 6.04 Å². The van der Waals surface area contributed by atoms with E-state index in [2.05, 4.69) is 44.2 Å². The highest BCUT2D eigenvalue weighted by Gasteiger charge is 1.93. The van der Waals surface area contributed by atoms with E-state index in [1.165, 1.54) is 16.7 Å². The molecule has 0 atom stereocenters. The zero-order chi connectivity index (χ0) is 9.68. The smallest absolute Gasteiger partial charge is 0.129 e. The van der Waals surface area contributed by atoms with E-state index in [9.17, 15) is 0 Å². The highest BCUT2D eigenvalue weighted by Crippen LogP contribution is 2.12. The molecule has 0 spiro atoms. The van der Waals surface area contributed by atoms with E-state index < -0.39 is 0 Å². The minimum absolute atomic E-state index is 0.338. The SMILES string of the molecule is Cc1ccc(C)c(C=CC[SiH2]Cl)c1. The van der Waals surface area contributed by atoms with Crippen LogP contribution in [0.4, 0.5) is 0 Å². The molecular formula is C11H15ClSi. The molecule has 1 rings (SSSR count). The van der Waals surface area contributed by atoms with Gasteiger partial charge in [-0.2, -0.15) is 11.1 Å². The van der Waals surface area contributed by atoms with Gasteiger partial charge in [0.1, 0.15) is 8.83 Å². The second-order valence-electron chi connectivity index (χ2n) is 3.24. The molecule has 1 aromatic carbocycles. The van der Waals surface area contributed by atoms with Crippen molar-refractivity contribution in [1.82, 2.24) is 0 Å². The molecule has 0 radical (unpaired) electrons. The molecule has 0 bridgehead atoms. The lowest BCUT2D eigenvalue weighted by molar-refractivity contribution is 1.37. The summed E-state index contributed by atoms with van der Waals surface area (Å²) < 4.78 is 0. The van der Waals surface area contributed by atoms with Gasteiger partial charge in [-0.1, -0.05) is 35.9 Å². The van der Waals surface area contributed by atoms with E-state index in [0.29, 0.717) is 0 Å². The largest absolute Gasteiger partial charge is 0.176 e. The molecular weight excluding hydrogens is 196 g/mol. The molecule has 0 fully saturated rings. The Morgan fingerprint density at radius 2 is 2.15 bits per heavy atom. The van der Waals surface area contributed by atoms with E-state index >= 15 is 0 Å². The predicted octanol–water partition coefficient (Wildman–Crippen LogP) is 3.06. The molecule has 0 aliphatic heterocycles. The topological polar surface area (TPSA) is 0 Å². The van der Waals surface area contributed by atoms with Crippen LogP contribution < -0.4 is 0 Å². The lowest BCUT2D eigenvalue weighted by Gasteiger charge is -2.01. The quantitative estimate of drug-likeness (QED) is 0.532. The summed E-state index contributed by atoms with van der Waals surface area (Å²) in [5, 5.41) is 0. The van der Waals surface area contributed by atoms with Gasteiger partial charge in [0, 0.05) is 0 Å². The molecule has 13 heavy (non-hydrogen) atoms. The number of aryl methyl sites for hydroxylation is 2. The number of hydrogen-bond acceptors (Lipinski definition) is 0. The van der Waals surface area contributed by atoms with Gasteiger partial charge in [0.15, 0.2) is 0 Å². The third-order valence-corrected chi connectivity index (χ3v) is 3.21.